The Labute approximate surface area is 126 Å². The zero-order valence-corrected chi connectivity index (χ0v) is 12.3. The van der Waals surface area contributed by atoms with Crippen LogP contribution in [0.3, 0.4) is 0 Å². The zero-order chi connectivity index (χ0) is 14.8. The van der Waals surface area contributed by atoms with Crippen LogP contribution in [0.15, 0.2) is 23.1 Å². The van der Waals surface area contributed by atoms with E-state index in [0.717, 1.165) is 22.6 Å². The summed E-state index contributed by atoms with van der Waals surface area (Å²) in [5.74, 6) is 0.391. The van der Waals surface area contributed by atoms with Crippen molar-refractivity contribution in [1.29, 1.82) is 0 Å². The molecule has 0 radical (unpaired) electrons. The number of amides is 2. The van der Waals surface area contributed by atoms with E-state index in [4.69, 9.17) is 0 Å². The minimum atomic E-state index is -0.277. The summed E-state index contributed by atoms with van der Waals surface area (Å²) in [6.45, 7) is 0.391. The first-order chi connectivity index (χ1) is 10.1. The third-order valence-electron chi connectivity index (χ3n) is 3.96. The highest BCUT2D eigenvalue weighted by atomic mass is 32.2. The predicted molar refractivity (Wildman–Crippen MR) is 78.4 cm³/mol. The molecular weight excluding hydrogens is 291 g/mol. The maximum Gasteiger partial charge on any atom is 0.225 e. The van der Waals surface area contributed by atoms with E-state index in [9.17, 15) is 14.0 Å². The van der Waals surface area contributed by atoms with E-state index in [1.54, 1.807) is 17.8 Å². The summed E-state index contributed by atoms with van der Waals surface area (Å²) >= 11 is 1.69. The van der Waals surface area contributed by atoms with Gasteiger partial charge >= 0.3 is 0 Å². The Balaban J connectivity index is 1.70. The molecule has 21 heavy (non-hydrogen) atoms. The molecule has 2 amide bonds. The molecule has 1 aromatic carbocycles. The highest BCUT2D eigenvalue weighted by Gasteiger charge is 2.28. The lowest BCUT2D eigenvalue weighted by molar-refractivity contribution is -0.129. The molecule has 0 aliphatic carbocycles. The van der Waals surface area contributed by atoms with Crippen molar-refractivity contribution in [3.63, 3.8) is 0 Å². The van der Waals surface area contributed by atoms with E-state index >= 15 is 0 Å². The average Bonchev–Trinajstić information content (AvgIpc) is 2.48. The van der Waals surface area contributed by atoms with Crippen LogP contribution in [0.2, 0.25) is 0 Å². The number of halogens is 1. The predicted octanol–water partition coefficient (Wildman–Crippen LogP) is 2.00. The van der Waals surface area contributed by atoms with Crippen molar-refractivity contribution in [2.75, 3.05) is 12.3 Å². The second-order valence-corrected chi connectivity index (χ2v) is 6.56. The fourth-order valence-electron chi connectivity index (χ4n) is 2.76. The molecule has 0 bridgehead atoms. The van der Waals surface area contributed by atoms with Gasteiger partial charge in [-0.15, -0.1) is 11.8 Å². The second-order valence-electron chi connectivity index (χ2n) is 5.42. The molecule has 2 aliphatic heterocycles. The van der Waals surface area contributed by atoms with Crippen molar-refractivity contribution in [3.05, 3.63) is 29.6 Å². The van der Waals surface area contributed by atoms with Gasteiger partial charge in [0.1, 0.15) is 5.82 Å². The van der Waals surface area contributed by atoms with Crippen LogP contribution in [0.25, 0.3) is 0 Å². The highest BCUT2D eigenvalue weighted by molar-refractivity contribution is 7.99. The molecule has 2 N–H and O–H groups in total. The monoisotopic (exact) mass is 308 g/mol. The van der Waals surface area contributed by atoms with Gasteiger partial charge < -0.3 is 10.6 Å². The fourth-order valence-corrected chi connectivity index (χ4v) is 3.87. The van der Waals surface area contributed by atoms with Gasteiger partial charge in [-0.2, -0.15) is 0 Å². The first-order valence-electron chi connectivity index (χ1n) is 7.13. The van der Waals surface area contributed by atoms with Crippen LogP contribution in [0.1, 0.15) is 30.9 Å². The van der Waals surface area contributed by atoms with Gasteiger partial charge in [-0.1, -0.05) is 0 Å². The topological polar surface area (TPSA) is 58.2 Å². The molecule has 112 valence electrons. The fraction of sp³-hybridized carbons (Fsp3) is 0.467. The smallest absolute Gasteiger partial charge is 0.225 e. The molecule has 6 heteroatoms. The quantitative estimate of drug-likeness (QED) is 0.878. The lowest BCUT2D eigenvalue weighted by Crippen LogP contribution is -2.44. The number of carbonyl (C=O) groups is 2. The number of nitrogens with one attached hydrogen (secondary N) is 2. The maximum absolute atomic E-state index is 13.4. The molecule has 1 aromatic rings. The number of fused-ring (bicyclic) bond motifs is 1. The maximum atomic E-state index is 13.4. The van der Waals surface area contributed by atoms with Crippen molar-refractivity contribution in [1.82, 2.24) is 10.6 Å². The molecule has 2 heterocycles. The first-order valence-corrected chi connectivity index (χ1v) is 8.11. The van der Waals surface area contributed by atoms with E-state index in [1.165, 1.54) is 12.1 Å². The summed E-state index contributed by atoms with van der Waals surface area (Å²) in [6, 6.07) is 4.60. The van der Waals surface area contributed by atoms with Gasteiger partial charge in [-0.25, -0.2) is 4.39 Å². The number of carbonyl (C=O) groups excluding carboxylic acids is 2. The van der Waals surface area contributed by atoms with Gasteiger partial charge in [0.2, 0.25) is 11.8 Å². The van der Waals surface area contributed by atoms with Crippen LogP contribution in [0.5, 0.6) is 0 Å². The third kappa shape index (κ3) is 3.20. The van der Waals surface area contributed by atoms with Crippen molar-refractivity contribution in [2.24, 2.45) is 5.92 Å². The first kappa shape index (κ1) is 14.4. The van der Waals surface area contributed by atoms with Gasteiger partial charge in [0.05, 0.1) is 12.0 Å². The normalized spacial score (nSPS) is 24.9. The molecule has 2 unspecified atom stereocenters. The van der Waals surface area contributed by atoms with Gasteiger partial charge in [0, 0.05) is 23.6 Å². The standard InChI is InChI=1S/C15H17FN2O2S/c16-10-2-3-13-11(7-10)12(5-6-21-13)18-15(20)9-1-4-14(19)17-8-9/h2-3,7,9,12H,1,4-6,8H2,(H,17,19)(H,18,20). The Morgan fingerprint density at radius 3 is 3.00 bits per heavy atom. The zero-order valence-electron chi connectivity index (χ0n) is 11.5. The third-order valence-corrected chi connectivity index (χ3v) is 5.09. The lowest BCUT2D eigenvalue weighted by atomic mass is 9.96. The van der Waals surface area contributed by atoms with Crippen LogP contribution in [0.4, 0.5) is 4.39 Å². The number of hydrogen-bond donors (Lipinski definition) is 2. The second kappa shape index (κ2) is 6.05. The summed E-state index contributed by atoms with van der Waals surface area (Å²) in [6.07, 6.45) is 1.77. The summed E-state index contributed by atoms with van der Waals surface area (Å²) in [5.41, 5.74) is 0.861. The number of benzene rings is 1. The number of hydrogen-bond acceptors (Lipinski definition) is 3. The minimum Gasteiger partial charge on any atom is -0.355 e. The van der Waals surface area contributed by atoms with Gasteiger partial charge in [-0.05, 0) is 36.6 Å². The Bertz CT molecular complexity index is 569. The Morgan fingerprint density at radius 2 is 2.24 bits per heavy atom. The Hall–Kier alpha value is -1.56. The number of rotatable bonds is 2. The molecule has 0 saturated carbocycles. The van der Waals surface area contributed by atoms with Crippen molar-refractivity contribution >= 4 is 23.6 Å². The molecule has 0 spiro atoms. The lowest BCUT2D eigenvalue weighted by Gasteiger charge is -2.29. The van der Waals surface area contributed by atoms with Gasteiger partial charge in [-0.3, -0.25) is 9.59 Å². The summed E-state index contributed by atoms with van der Waals surface area (Å²) in [5, 5.41) is 5.73. The molecular formula is C15H17FN2O2S. The van der Waals surface area contributed by atoms with E-state index in [2.05, 4.69) is 10.6 Å². The molecule has 2 aliphatic rings. The summed E-state index contributed by atoms with van der Waals surface area (Å²) in [7, 11) is 0. The van der Waals surface area contributed by atoms with Gasteiger partial charge in [0.25, 0.3) is 0 Å². The largest absolute Gasteiger partial charge is 0.355 e. The van der Waals surface area contributed by atoms with E-state index in [1.807, 2.05) is 0 Å². The van der Waals surface area contributed by atoms with Crippen LogP contribution >= 0.6 is 11.8 Å². The molecule has 1 saturated heterocycles. The summed E-state index contributed by atoms with van der Waals surface area (Å²) in [4.78, 5) is 24.5. The van der Waals surface area contributed by atoms with Crippen LogP contribution in [-0.4, -0.2) is 24.1 Å². The molecule has 2 atom stereocenters. The Morgan fingerprint density at radius 1 is 1.38 bits per heavy atom. The highest BCUT2D eigenvalue weighted by Crippen LogP contribution is 2.36. The number of piperidine rings is 1. The summed E-state index contributed by atoms with van der Waals surface area (Å²) < 4.78 is 13.4. The minimum absolute atomic E-state index is 0.000494. The SMILES string of the molecule is O=C1CCC(C(=O)NC2CCSc3ccc(F)cc32)CN1. The van der Waals surface area contributed by atoms with E-state index in [-0.39, 0.29) is 29.6 Å². The molecule has 0 aromatic heterocycles. The number of thioether (sulfide) groups is 1. The van der Waals surface area contributed by atoms with Crippen LogP contribution < -0.4 is 10.6 Å². The van der Waals surface area contributed by atoms with Crippen molar-refractivity contribution in [3.8, 4) is 0 Å². The van der Waals surface area contributed by atoms with Crippen LogP contribution in [-0.2, 0) is 9.59 Å². The average molecular weight is 308 g/mol. The van der Waals surface area contributed by atoms with E-state index in [0.29, 0.717) is 19.4 Å². The van der Waals surface area contributed by atoms with Crippen LogP contribution in [0, 0.1) is 11.7 Å². The van der Waals surface area contributed by atoms with Gasteiger partial charge in [0.15, 0.2) is 0 Å². The van der Waals surface area contributed by atoms with E-state index < -0.39 is 0 Å². The molecule has 3 rings (SSSR count). The Kier molecular flexibility index (Phi) is 4.14. The van der Waals surface area contributed by atoms with Crippen molar-refractivity contribution < 1.29 is 14.0 Å². The molecule has 4 nitrogen and oxygen atoms in total. The van der Waals surface area contributed by atoms with Crippen molar-refractivity contribution in [2.45, 2.75) is 30.2 Å². The molecule has 1 fully saturated rings.